The number of amides is 3. The Hall–Kier alpha value is -3.81. The number of nitrogens with one attached hydrogen (secondary N) is 2. The third-order valence-corrected chi connectivity index (χ3v) is 4.59. The van der Waals surface area contributed by atoms with Crippen LogP contribution in [0.4, 0.5) is 11.4 Å². The molecule has 8 heteroatoms. The van der Waals surface area contributed by atoms with Crippen LogP contribution in [-0.4, -0.2) is 24.3 Å². The zero-order valence-electron chi connectivity index (χ0n) is 15.5. The molecule has 1 aliphatic rings. The highest BCUT2D eigenvalue weighted by Gasteiger charge is 2.22. The fourth-order valence-electron chi connectivity index (χ4n) is 3.14. The molecule has 0 radical (unpaired) electrons. The van der Waals surface area contributed by atoms with Crippen molar-refractivity contribution in [2.45, 2.75) is 19.4 Å². The molecule has 0 spiro atoms. The number of rotatable bonds is 5. The van der Waals surface area contributed by atoms with E-state index in [2.05, 4.69) is 10.6 Å². The first-order chi connectivity index (χ1) is 14.1. The van der Waals surface area contributed by atoms with Gasteiger partial charge in [-0.05, 0) is 42.8 Å². The van der Waals surface area contributed by atoms with Crippen LogP contribution >= 0.6 is 0 Å². The van der Waals surface area contributed by atoms with Crippen molar-refractivity contribution in [3.8, 4) is 11.3 Å². The van der Waals surface area contributed by atoms with Crippen LogP contribution in [0.2, 0.25) is 0 Å². The number of hydrogen-bond donors (Lipinski definition) is 2. The Morgan fingerprint density at radius 1 is 1.10 bits per heavy atom. The number of hydrogen-bond acceptors (Lipinski definition) is 5. The van der Waals surface area contributed by atoms with E-state index in [0.29, 0.717) is 35.9 Å². The van der Waals surface area contributed by atoms with Crippen LogP contribution in [0.25, 0.3) is 11.3 Å². The predicted octanol–water partition coefficient (Wildman–Crippen LogP) is 2.92. The van der Waals surface area contributed by atoms with Crippen LogP contribution in [-0.2, 0) is 20.9 Å². The first-order valence-corrected chi connectivity index (χ1v) is 9.21. The summed E-state index contributed by atoms with van der Waals surface area (Å²) in [6, 6.07) is 12.1. The first-order valence-electron chi connectivity index (χ1n) is 9.21. The van der Waals surface area contributed by atoms with Gasteiger partial charge in [0.2, 0.25) is 5.91 Å². The number of carbonyl (C=O) groups excluding carboxylic acids is 3. The molecule has 3 heterocycles. The average Bonchev–Trinajstić information content (AvgIpc) is 3.47. The van der Waals surface area contributed by atoms with Gasteiger partial charge in [-0.3, -0.25) is 14.4 Å². The summed E-state index contributed by atoms with van der Waals surface area (Å²) in [6.07, 6.45) is 4.43. The molecule has 3 aromatic rings. The van der Waals surface area contributed by atoms with E-state index in [0.717, 1.165) is 12.0 Å². The molecule has 8 nitrogen and oxygen atoms in total. The van der Waals surface area contributed by atoms with Gasteiger partial charge in [-0.25, -0.2) is 0 Å². The second-order valence-electron chi connectivity index (χ2n) is 6.61. The van der Waals surface area contributed by atoms with E-state index >= 15 is 0 Å². The molecule has 1 saturated heterocycles. The Balaban J connectivity index is 1.33. The first kappa shape index (κ1) is 18.5. The normalized spacial score (nSPS) is 13.5. The van der Waals surface area contributed by atoms with E-state index < -0.39 is 11.8 Å². The van der Waals surface area contributed by atoms with E-state index in [1.165, 1.54) is 6.26 Å². The van der Waals surface area contributed by atoms with Crippen molar-refractivity contribution in [1.82, 2.24) is 5.32 Å². The molecule has 4 rings (SSSR count). The lowest BCUT2D eigenvalue weighted by atomic mass is 10.2. The van der Waals surface area contributed by atoms with Gasteiger partial charge in [0.15, 0.2) is 0 Å². The summed E-state index contributed by atoms with van der Waals surface area (Å²) in [7, 11) is 0. The van der Waals surface area contributed by atoms with E-state index in [4.69, 9.17) is 8.83 Å². The highest BCUT2D eigenvalue weighted by atomic mass is 16.3. The molecule has 1 fully saturated rings. The molecule has 148 valence electrons. The zero-order chi connectivity index (χ0) is 20.2. The summed E-state index contributed by atoms with van der Waals surface area (Å²) in [4.78, 5) is 37.8. The molecule has 2 N–H and O–H groups in total. The maximum Gasteiger partial charge on any atom is 0.313 e. The monoisotopic (exact) mass is 393 g/mol. The largest absolute Gasteiger partial charge is 0.472 e. The maximum absolute atomic E-state index is 12.2. The Bertz CT molecular complexity index is 1040. The molecule has 29 heavy (non-hydrogen) atoms. The second-order valence-corrected chi connectivity index (χ2v) is 6.61. The predicted molar refractivity (Wildman–Crippen MR) is 105 cm³/mol. The highest BCUT2D eigenvalue weighted by Crippen LogP contribution is 2.24. The lowest BCUT2D eigenvalue weighted by molar-refractivity contribution is -0.136. The molecule has 0 bridgehead atoms. The second kappa shape index (κ2) is 8.05. The fraction of sp³-hybridized carbons (Fsp3) is 0.190. The van der Waals surface area contributed by atoms with Gasteiger partial charge in [0.25, 0.3) is 0 Å². The smallest absolute Gasteiger partial charge is 0.313 e. The topological polar surface area (TPSA) is 105 Å². The van der Waals surface area contributed by atoms with Crippen LogP contribution in [0, 0.1) is 0 Å². The van der Waals surface area contributed by atoms with Gasteiger partial charge in [0, 0.05) is 24.3 Å². The van der Waals surface area contributed by atoms with Crippen molar-refractivity contribution in [3.63, 3.8) is 0 Å². The molecule has 3 amide bonds. The number of furan rings is 2. The quantitative estimate of drug-likeness (QED) is 0.649. The number of benzene rings is 1. The summed E-state index contributed by atoms with van der Waals surface area (Å²) in [6.45, 7) is 0.729. The van der Waals surface area contributed by atoms with Crippen molar-refractivity contribution in [2.24, 2.45) is 0 Å². The SMILES string of the molecule is O=C(NCc1ccc(-c2ccoc2)o1)C(=O)Nc1cccc(N2CCCC2=O)c1. The standard InChI is InChI=1S/C21H19N3O5/c25-19-5-2-9-24(19)16-4-1-3-15(11-16)23-21(27)20(26)22-12-17-6-7-18(29-17)14-8-10-28-13-14/h1,3-4,6-8,10-11,13H,2,5,9,12H2,(H,22,26)(H,23,27). The third-order valence-electron chi connectivity index (χ3n) is 4.59. The van der Waals surface area contributed by atoms with Gasteiger partial charge in [-0.15, -0.1) is 0 Å². The minimum absolute atomic E-state index is 0.0551. The fourth-order valence-corrected chi connectivity index (χ4v) is 3.14. The lowest BCUT2D eigenvalue weighted by Gasteiger charge is -2.16. The highest BCUT2D eigenvalue weighted by molar-refractivity contribution is 6.39. The van der Waals surface area contributed by atoms with Crippen LogP contribution < -0.4 is 15.5 Å². The number of carbonyl (C=O) groups is 3. The minimum Gasteiger partial charge on any atom is -0.472 e. The Kier molecular flexibility index (Phi) is 5.15. The average molecular weight is 393 g/mol. The summed E-state index contributed by atoms with van der Waals surface area (Å²) >= 11 is 0. The van der Waals surface area contributed by atoms with E-state index in [1.807, 2.05) is 0 Å². The van der Waals surface area contributed by atoms with Crippen LogP contribution in [0.5, 0.6) is 0 Å². The molecule has 0 aliphatic carbocycles. The number of anilines is 2. The van der Waals surface area contributed by atoms with Crippen LogP contribution in [0.15, 0.2) is 63.8 Å². The van der Waals surface area contributed by atoms with Gasteiger partial charge in [-0.2, -0.15) is 0 Å². The summed E-state index contributed by atoms with van der Waals surface area (Å²) in [5.41, 5.74) is 1.94. The third kappa shape index (κ3) is 4.21. The van der Waals surface area contributed by atoms with Crippen molar-refractivity contribution < 1.29 is 23.2 Å². The number of nitrogens with zero attached hydrogens (tertiary/aromatic N) is 1. The lowest BCUT2D eigenvalue weighted by Crippen LogP contribution is -2.35. The molecular weight excluding hydrogens is 374 g/mol. The van der Waals surface area contributed by atoms with E-state index in [1.54, 1.807) is 53.6 Å². The summed E-state index contributed by atoms with van der Waals surface area (Å²) in [5, 5.41) is 5.07. The maximum atomic E-state index is 12.2. The molecule has 0 atom stereocenters. The molecule has 2 aromatic heterocycles. The molecule has 1 aliphatic heterocycles. The molecule has 1 aromatic carbocycles. The Labute approximate surface area is 166 Å². The van der Waals surface area contributed by atoms with Gasteiger partial charge in [0.05, 0.1) is 18.4 Å². The van der Waals surface area contributed by atoms with Gasteiger partial charge in [-0.1, -0.05) is 6.07 Å². The van der Waals surface area contributed by atoms with Crippen LogP contribution in [0.1, 0.15) is 18.6 Å². The van der Waals surface area contributed by atoms with E-state index in [-0.39, 0.29) is 12.5 Å². The Morgan fingerprint density at radius 3 is 2.76 bits per heavy atom. The summed E-state index contributed by atoms with van der Waals surface area (Å²) < 4.78 is 10.6. The van der Waals surface area contributed by atoms with Gasteiger partial charge < -0.3 is 24.4 Å². The van der Waals surface area contributed by atoms with Crippen molar-refractivity contribution in [2.75, 3.05) is 16.8 Å². The molecular formula is C21H19N3O5. The summed E-state index contributed by atoms with van der Waals surface area (Å²) in [5.74, 6) is -0.400. The Morgan fingerprint density at radius 2 is 2.00 bits per heavy atom. The van der Waals surface area contributed by atoms with Crippen molar-refractivity contribution in [3.05, 3.63) is 60.8 Å². The molecule has 0 saturated carbocycles. The van der Waals surface area contributed by atoms with E-state index in [9.17, 15) is 14.4 Å². The van der Waals surface area contributed by atoms with Crippen LogP contribution in [0.3, 0.4) is 0 Å². The van der Waals surface area contributed by atoms with Gasteiger partial charge in [0.1, 0.15) is 17.8 Å². The zero-order valence-corrected chi connectivity index (χ0v) is 15.5. The van der Waals surface area contributed by atoms with Gasteiger partial charge >= 0.3 is 11.8 Å². The van der Waals surface area contributed by atoms with Crippen molar-refractivity contribution >= 4 is 29.1 Å². The van der Waals surface area contributed by atoms with Crippen molar-refractivity contribution in [1.29, 1.82) is 0 Å². The molecule has 0 unspecified atom stereocenters. The minimum atomic E-state index is -0.795.